The molecule has 2 aliphatic rings. The van der Waals surface area contributed by atoms with Crippen LogP contribution in [0.15, 0.2) is 29.1 Å². The van der Waals surface area contributed by atoms with E-state index in [9.17, 15) is 18.0 Å². The molecule has 9 nitrogen and oxygen atoms in total. The van der Waals surface area contributed by atoms with Gasteiger partial charge in [-0.1, -0.05) is 12.1 Å². The number of piperidine rings is 1. The van der Waals surface area contributed by atoms with Gasteiger partial charge in [-0.2, -0.15) is 0 Å². The van der Waals surface area contributed by atoms with E-state index in [1.54, 1.807) is 23.1 Å². The quantitative estimate of drug-likeness (QED) is 0.708. The largest absolute Gasteiger partial charge is 0.376 e. The molecule has 1 aromatic heterocycles. The van der Waals surface area contributed by atoms with Crippen molar-refractivity contribution in [2.24, 2.45) is 5.92 Å². The third kappa shape index (κ3) is 5.13. The van der Waals surface area contributed by atoms with Crippen molar-refractivity contribution < 1.29 is 17.9 Å². The molecule has 2 fully saturated rings. The van der Waals surface area contributed by atoms with Crippen molar-refractivity contribution in [1.29, 1.82) is 0 Å². The highest BCUT2D eigenvalue weighted by atomic mass is 32.2. The van der Waals surface area contributed by atoms with Gasteiger partial charge in [0.2, 0.25) is 15.9 Å². The van der Waals surface area contributed by atoms with Crippen LogP contribution in [0.1, 0.15) is 31.5 Å². The molecule has 0 radical (unpaired) electrons. The van der Waals surface area contributed by atoms with Crippen molar-refractivity contribution in [2.75, 3.05) is 32.5 Å². The van der Waals surface area contributed by atoms with E-state index in [4.69, 9.17) is 4.74 Å². The second-order valence-electron chi connectivity index (χ2n) is 8.32. The highest BCUT2D eigenvalue weighted by molar-refractivity contribution is 7.88. The van der Waals surface area contributed by atoms with Crippen LogP contribution in [0.2, 0.25) is 0 Å². The minimum Gasteiger partial charge on any atom is -0.376 e. The summed E-state index contributed by atoms with van der Waals surface area (Å²) in [7, 11) is -3.25. The molecule has 3 heterocycles. The number of amides is 1. The number of hydrogen-bond acceptors (Lipinski definition) is 6. The minimum atomic E-state index is -3.25. The van der Waals surface area contributed by atoms with Gasteiger partial charge in [-0.15, -0.1) is 0 Å². The molecule has 1 aromatic carbocycles. The van der Waals surface area contributed by atoms with Gasteiger partial charge in [-0.05, 0) is 37.8 Å². The zero-order valence-corrected chi connectivity index (χ0v) is 18.4. The summed E-state index contributed by atoms with van der Waals surface area (Å²) in [5.74, 6) is 0.134. The molecule has 0 aliphatic carbocycles. The molecule has 1 amide bonds. The van der Waals surface area contributed by atoms with Crippen LogP contribution in [0.3, 0.4) is 0 Å². The Morgan fingerprint density at radius 1 is 1.26 bits per heavy atom. The Hall–Kier alpha value is -2.30. The standard InChI is InChI=1S/C21H28N4O5S/c1-31(28,29)25-10-8-15(9-11-25)21(27)24(13-16-5-4-12-30-16)14-19-22-18-7-3-2-6-17(18)20(26)23-19/h2-3,6-7,15-16H,4-5,8-14H2,1H3,(H,22,23,26). The first-order valence-electron chi connectivity index (χ1n) is 10.6. The minimum absolute atomic E-state index is 0.0350. The van der Waals surface area contributed by atoms with Crippen molar-refractivity contribution in [1.82, 2.24) is 19.2 Å². The van der Waals surface area contributed by atoms with Gasteiger partial charge < -0.3 is 14.6 Å². The summed E-state index contributed by atoms with van der Waals surface area (Å²) >= 11 is 0. The second kappa shape index (κ2) is 9.05. The molecular formula is C21H28N4O5S. The molecule has 168 valence electrons. The lowest BCUT2D eigenvalue weighted by Crippen LogP contribution is -2.46. The van der Waals surface area contributed by atoms with Crippen LogP contribution in [0.25, 0.3) is 10.9 Å². The van der Waals surface area contributed by atoms with E-state index in [2.05, 4.69) is 9.97 Å². The number of hydrogen-bond donors (Lipinski definition) is 1. The van der Waals surface area contributed by atoms with Gasteiger partial charge in [0.05, 0.1) is 29.8 Å². The predicted octanol–water partition coefficient (Wildman–Crippen LogP) is 1.10. The molecule has 1 unspecified atom stereocenters. The first kappa shape index (κ1) is 21.9. The molecule has 31 heavy (non-hydrogen) atoms. The van der Waals surface area contributed by atoms with Crippen molar-refractivity contribution in [2.45, 2.75) is 38.3 Å². The molecule has 2 saturated heterocycles. The third-order valence-corrected chi connectivity index (χ3v) is 7.34. The number of benzene rings is 1. The van der Waals surface area contributed by atoms with Gasteiger partial charge in [0.15, 0.2) is 0 Å². The summed E-state index contributed by atoms with van der Waals surface area (Å²) in [5, 5.41) is 0.511. The van der Waals surface area contributed by atoms with Gasteiger partial charge >= 0.3 is 0 Å². The number of ether oxygens (including phenoxy) is 1. The summed E-state index contributed by atoms with van der Waals surface area (Å²) in [4.78, 5) is 34.9. The van der Waals surface area contributed by atoms with Crippen LogP contribution in [0, 0.1) is 5.92 Å². The molecule has 1 N–H and O–H groups in total. The van der Waals surface area contributed by atoms with Crippen LogP contribution in [0.5, 0.6) is 0 Å². The zero-order valence-electron chi connectivity index (χ0n) is 17.6. The lowest BCUT2D eigenvalue weighted by Gasteiger charge is -2.33. The summed E-state index contributed by atoms with van der Waals surface area (Å²) < 4.78 is 30.7. The van der Waals surface area contributed by atoms with Crippen LogP contribution in [0.4, 0.5) is 0 Å². The monoisotopic (exact) mass is 448 g/mol. The third-order valence-electron chi connectivity index (χ3n) is 6.03. The Labute approximate surface area is 181 Å². The smallest absolute Gasteiger partial charge is 0.258 e. The van der Waals surface area contributed by atoms with E-state index >= 15 is 0 Å². The number of H-pyrrole nitrogens is 1. The fourth-order valence-corrected chi connectivity index (χ4v) is 5.22. The molecule has 0 spiro atoms. The van der Waals surface area contributed by atoms with Gasteiger partial charge in [-0.25, -0.2) is 17.7 Å². The summed E-state index contributed by atoms with van der Waals surface area (Å²) in [6.45, 7) is 1.99. The maximum Gasteiger partial charge on any atom is 0.258 e. The summed E-state index contributed by atoms with van der Waals surface area (Å²) in [5.41, 5.74) is 0.360. The number of aromatic amines is 1. The lowest BCUT2D eigenvalue weighted by molar-refractivity contribution is -0.139. The Kier molecular flexibility index (Phi) is 6.40. The Balaban J connectivity index is 1.53. The maximum absolute atomic E-state index is 13.4. The van der Waals surface area contributed by atoms with Gasteiger partial charge in [-0.3, -0.25) is 9.59 Å². The fourth-order valence-electron chi connectivity index (χ4n) is 4.35. The number of para-hydroxylation sites is 1. The highest BCUT2D eigenvalue weighted by Gasteiger charge is 2.33. The van der Waals surface area contributed by atoms with Crippen molar-refractivity contribution in [3.63, 3.8) is 0 Å². The number of rotatable bonds is 6. The Bertz CT molecular complexity index is 1100. The molecule has 2 aromatic rings. The van der Waals surface area contributed by atoms with Crippen LogP contribution in [-0.2, 0) is 26.1 Å². The second-order valence-corrected chi connectivity index (χ2v) is 10.3. The molecular weight excluding hydrogens is 420 g/mol. The molecule has 10 heteroatoms. The van der Waals surface area contributed by atoms with Gasteiger partial charge in [0.25, 0.3) is 5.56 Å². The number of sulfonamides is 1. The van der Waals surface area contributed by atoms with E-state index < -0.39 is 10.0 Å². The molecule has 1 atom stereocenters. The molecule has 0 bridgehead atoms. The molecule has 0 saturated carbocycles. The van der Waals surface area contributed by atoms with Crippen molar-refractivity contribution >= 4 is 26.8 Å². The van der Waals surface area contributed by atoms with E-state index in [0.717, 1.165) is 12.8 Å². The van der Waals surface area contributed by atoms with E-state index in [0.29, 0.717) is 55.8 Å². The van der Waals surface area contributed by atoms with E-state index in [1.807, 2.05) is 6.07 Å². The van der Waals surface area contributed by atoms with Crippen molar-refractivity contribution in [3.05, 3.63) is 40.4 Å². The maximum atomic E-state index is 13.4. The number of nitrogens with one attached hydrogen (secondary N) is 1. The highest BCUT2D eigenvalue weighted by Crippen LogP contribution is 2.23. The number of aromatic nitrogens is 2. The van der Waals surface area contributed by atoms with Gasteiger partial charge in [0.1, 0.15) is 5.82 Å². The van der Waals surface area contributed by atoms with Crippen LogP contribution in [-0.4, -0.2) is 72.1 Å². The zero-order chi connectivity index (χ0) is 22.0. The SMILES string of the molecule is CS(=O)(=O)N1CCC(C(=O)N(Cc2nc3ccccc3c(=O)[nH]2)CC2CCCO2)CC1. The fraction of sp³-hybridized carbons (Fsp3) is 0.571. The first-order chi connectivity index (χ1) is 14.8. The summed E-state index contributed by atoms with van der Waals surface area (Å²) in [6, 6.07) is 7.11. The number of carbonyl (C=O) groups excluding carboxylic acids is 1. The van der Waals surface area contributed by atoms with E-state index in [1.165, 1.54) is 10.6 Å². The molecule has 2 aliphatic heterocycles. The topological polar surface area (TPSA) is 113 Å². The number of nitrogens with zero attached hydrogens (tertiary/aromatic N) is 3. The predicted molar refractivity (Wildman–Crippen MR) is 116 cm³/mol. The Morgan fingerprint density at radius 2 is 2.00 bits per heavy atom. The van der Waals surface area contributed by atoms with E-state index in [-0.39, 0.29) is 30.0 Å². The first-order valence-corrected chi connectivity index (χ1v) is 12.5. The number of carbonyl (C=O) groups is 1. The van der Waals surface area contributed by atoms with Crippen LogP contribution < -0.4 is 5.56 Å². The Morgan fingerprint density at radius 3 is 2.68 bits per heavy atom. The lowest BCUT2D eigenvalue weighted by atomic mass is 9.96. The summed E-state index contributed by atoms with van der Waals surface area (Å²) in [6.07, 6.45) is 3.97. The normalized spacial score (nSPS) is 20.9. The van der Waals surface area contributed by atoms with Gasteiger partial charge in [0, 0.05) is 32.2 Å². The van der Waals surface area contributed by atoms with Crippen LogP contribution >= 0.6 is 0 Å². The number of fused-ring (bicyclic) bond motifs is 1. The average Bonchev–Trinajstić information content (AvgIpc) is 3.25. The van der Waals surface area contributed by atoms with Crippen molar-refractivity contribution in [3.8, 4) is 0 Å². The molecule has 4 rings (SSSR count). The average molecular weight is 449 g/mol.